The van der Waals surface area contributed by atoms with Crippen molar-refractivity contribution in [1.29, 1.82) is 0 Å². The number of anilines is 1. The number of rotatable bonds is 5. The van der Waals surface area contributed by atoms with Crippen LogP contribution in [-0.4, -0.2) is 6.61 Å². The minimum Gasteiger partial charge on any atom is -0.494 e. The van der Waals surface area contributed by atoms with E-state index < -0.39 is 17.5 Å². The zero-order valence-electron chi connectivity index (χ0n) is 11.8. The Morgan fingerprint density at radius 1 is 1.05 bits per heavy atom. The predicted molar refractivity (Wildman–Crippen MR) is 76.0 cm³/mol. The first-order valence-corrected chi connectivity index (χ1v) is 6.65. The highest BCUT2D eigenvalue weighted by Crippen LogP contribution is 2.29. The summed E-state index contributed by atoms with van der Waals surface area (Å²) in [7, 11) is 0. The van der Waals surface area contributed by atoms with Crippen molar-refractivity contribution in [3.05, 3.63) is 59.4 Å². The quantitative estimate of drug-likeness (QED) is 0.809. The molecule has 0 aromatic heterocycles. The molecular weight excluding hydrogens is 279 g/mol. The number of hydrogen-bond acceptors (Lipinski definition) is 2. The van der Waals surface area contributed by atoms with Crippen molar-refractivity contribution in [3.63, 3.8) is 0 Å². The molecule has 1 atom stereocenters. The van der Waals surface area contributed by atoms with Crippen LogP contribution >= 0.6 is 0 Å². The molecule has 1 unspecified atom stereocenters. The minimum absolute atomic E-state index is 0.0901. The fourth-order valence-electron chi connectivity index (χ4n) is 2.07. The Hall–Kier alpha value is -2.17. The van der Waals surface area contributed by atoms with Gasteiger partial charge in [-0.1, -0.05) is 18.2 Å². The predicted octanol–water partition coefficient (Wildman–Crippen LogP) is 4.68. The maximum atomic E-state index is 13.7. The van der Waals surface area contributed by atoms with E-state index in [4.69, 9.17) is 4.74 Å². The largest absolute Gasteiger partial charge is 0.494 e. The lowest BCUT2D eigenvalue weighted by molar-refractivity contribution is 0.335. The van der Waals surface area contributed by atoms with Crippen LogP contribution in [0.2, 0.25) is 0 Å². The van der Waals surface area contributed by atoms with Crippen LogP contribution in [0.4, 0.5) is 18.9 Å². The van der Waals surface area contributed by atoms with E-state index in [9.17, 15) is 13.2 Å². The van der Waals surface area contributed by atoms with Gasteiger partial charge >= 0.3 is 0 Å². The average molecular weight is 295 g/mol. The molecule has 0 heterocycles. The minimum atomic E-state index is -1.21. The molecule has 5 heteroatoms. The van der Waals surface area contributed by atoms with E-state index in [2.05, 4.69) is 5.32 Å². The molecule has 0 fully saturated rings. The monoisotopic (exact) mass is 295 g/mol. The van der Waals surface area contributed by atoms with Crippen molar-refractivity contribution in [1.82, 2.24) is 0 Å². The maximum Gasteiger partial charge on any atom is 0.161 e. The van der Waals surface area contributed by atoms with E-state index in [0.717, 1.165) is 11.6 Å². The highest BCUT2D eigenvalue weighted by molar-refractivity contribution is 5.49. The Morgan fingerprint density at radius 3 is 2.43 bits per heavy atom. The first kappa shape index (κ1) is 15.2. The van der Waals surface area contributed by atoms with E-state index in [1.54, 1.807) is 13.0 Å². The lowest BCUT2D eigenvalue weighted by Crippen LogP contribution is -2.10. The summed E-state index contributed by atoms with van der Waals surface area (Å²) in [6.45, 7) is 4.16. The molecule has 0 radical (unpaired) electrons. The highest BCUT2D eigenvalue weighted by atomic mass is 19.2. The smallest absolute Gasteiger partial charge is 0.161 e. The zero-order valence-corrected chi connectivity index (χ0v) is 11.8. The van der Waals surface area contributed by atoms with Crippen molar-refractivity contribution in [2.45, 2.75) is 19.9 Å². The van der Waals surface area contributed by atoms with Gasteiger partial charge in [0.25, 0.3) is 0 Å². The summed E-state index contributed by atoms with van der Waals surface area (Å²) in [5.74, 6) is -2.47. The third-order valence-corrected chi connectivity index (χ3v) is 3.07. The molecule has 0 aliphatic heterocycles. The van der Waals surface area contributed by atoms with E-state index in [1.165, 1.54) is 0 Å². The van der Waals surface area contributed by atoms with Gasteiger partial charge in [-0.25, -0.2) is 13.2 Å². The van der Waals surface area contributed by atoms with Crippen LogP contribution in [0.1, 0.15) is 25.5 Å². The SMILES string of the molecule is CCOc1ccccc1C(C)Nc1cc(F)c(F)cc1F. The van der Waals surface area contributed by atoms with Crippen LogP contribution in [0.3, 0.4) is 0 Å². The summed E-state index contributed by atoms with van der Waals surface area (Å²) in [6, 6.07) is 8.31. The lowest BCUT2D eigenvalue weighted by Gasteiger charge is -2.19. The lowest BCUT2D eigenvalue weighted by atomic mass is 10.1. The second-order valence-corrected chi connectivity index (χ2v) is 4.58. The summed E-state index contributed by atoms with van der Waals surface area (Å²) in [5.41, 5.74) is 0.719. The normalized spacial score (nSPS) is 12.0. The van der Waals surface area contributed by atoms with Gasteiger partial charge < -0.3 is 10.1 Å². The Morgan fingerprint density at radius 2 is 1.71 bits per heavy atom. The molecule has 0 aliphatic rings. The Balaban J connectivity index is 2.26. The van der Waals surface area contributed by atoms with Crippen molar-refractivity contribution in [2.24, 2.45) is 0 Å². The molecule has 0 saturated heterocycles. The van der Waals surface area contributed by atoms with Gasteiger partial charge in [-0.15, -0.1) is 0 Å². The molecule has 112 valence electrons. The molecule has 0 saturated carbocycles. The van der Waals surface area contributed by atoms with Gasteiger partial charge in [-0.3, -0.25) is 0 Å². The van der Waals surface area contributed by atoms with Gasteiger partial charge in [0, 0.05) is 17.7 Å². The number of hydrogen-bond donors (Lipinski definition) is 1. The number of para-hydroxylation sites is 1. The molecule has 0 bridgehead atoms. The third kappa shape index (κ3) is 3.48. The van der Waals surface area contributed by atoms with Gasteiger partial charge in [0.1, 0.15) is 11.6 Å². The van der Waals surface area contributed by atoms with Crippen LogP contribution in [0, 0.1) is 17.5 Å². The van der Waals surface area contributed by atoms with E-state index in [0.29, 0.717) is 18.4 Å². The van der Waals surface area contributed by atoms with E-state index in [1.807, 2.05) is 25.1 Å². The number of nitrogens with one attached hydrogen (secondary N) is 1. The molecule has 0 amide bonds. The Labute approximate surface area is 121 Å². The fraction of sp³-hybridized carbons (Fsp3) is 0.250. The molecule has 2 aromatic carbocycles. The van der Waals surface area contributed by atoms with E-state index >= 15 is 0 Å². The van der Waals surface area contributed by atoms with Crippen LogP contribution in [0.5, 0.6) is 5.75 Å². The topological polar surface area (TPSA) is 21.3 Å². The van der Waals surface area contributed by atoms with Gasteiger partial charge in [-0.05, 0) is 19.9 Å². The molecule has 2 nitrogen and oxygen atoms in total. The van der Waals surface area contributed by atoms with Crippen molar-refractivity contribution >= 4 is 5.69 Å². The summed E-state index contributed by atoms with van der Waals surface area (Å²) in [5, 5.41) is 2.83. The average Bonchev–Trinajstić information content (AvgIpc) is 2.45. The van der Waals surface area contributed by atoms with Gasteiger partial charge in [-0.2, -0.15) is 0 Å². The van der Waals surface area contributed by atoms with Crippen molar-refractivity contribution in [3.8, 4) is 5.75 Å². The zero-order chi connectivity index (χ0) is 15.4. The summed E-state index contributed by atoms with van der Waals surface area (Å²) < 4.78 is 45.3. The van der Waals surface area contributed by atoms with Crippen LogP contribution < -0.4 is 10.1 Å². The van der Waals surface area contributed by atoms with Crippen LogP contribution in [-0.2, 0) is 0 Å². The second kappa shape index (κ2) is 6.52. The fourth-order valence-corrected chi connectivity index (χ4v) is 2.07. The van der Waals surface area contributed by atoms with Crippen LogP contribution in [0.25, 0.3) is 0 Å². The molecular formula is C16H16F3NO. The van der Waals surface area contributed by atoms with Gasteiger partial charge in [0.15, 0.2) is 11.6 Å². The molecule has 2 aromatic rings. The maximum absolute atomic E-state index is 13.7. The molecule has 0 spiro atoms. The first-order chi connectivity index (χ1) is 10.0. The van der Waals surface area contributed by atoms with E-state index in [-0.39, 0.29) is 11.7 Å². The number of ether oxygens (including phenoxy) is 1. The second-order valence-electron chi connectivity index (χ2n) is 4.58. The summed E-state index contributed by atoms with van der Waals surface area (Å²) in [4.78, 5) is 0. The third-order valence-electron chi connectivity index (χ3n) is 3.07. The summed E-state index contributed by atoms with van der Waals surface area (Å²) >= 11 is 0. The number of halogens is 3. The standard InChI is InChI=1S/C16H16F3NO/c1-3-21-16-7-5-4-6-11(16)10(2)20-15-9-13(18)12(17)8-14(15)19/h4-10,20H,3H2,1-2H3. The van der Waals surface area contributed by atoms with Crippen molar-refractivity contribution < 1.29 is 17.9 Å². The Kier molecular flexibility index (Phi) is 4.73. The molecule has 2 rings (SSSR count). The summed E-state index contributed by atoms with van der Waals surface area (Å²) in [6.07, 6.45) is 0. The molecule has 21 heavy (non-hydrogen) atoms. The van der Waals surface area contributed by atoms with Crippen molar-refractivity contribution in [2.75, 3.05) is 11.9 Å². The molecule has 0 aliphatic carbocycles. The van der Waals surface area contributed by atoms with Gasteiger partial charge in [0.2, 0.25) is 0 Å². The van der Waals surface area contributed by atoms with Gasteiger partial charge in [0.05, 0.1) is 18.3 Å². The number of benzene rings is 2. The highest BCUT2D eigenvalue weighted by Gasteiger charge is 2.15. The van der Waals surface area contributed by atoms with Crippen LogP contribution in [0.15, 0.2) is 36.4 Å². The first-order valence-electron chi connectivity index (χ1n) is 6.65. The Bertz CT molecular complexity index is 631. The molecule has 1 N–H and O–H groups in total.